The predicted molar refractivity (Wildman–Crippen MR) is 112 cm³/mol. The highest BCUT2D eigenvalue weighted by Gasteiger charge is 2.45. The van der Waals surface area contributed by atoms with E-state index in [1.807, 2.05) is 24.3 Å². The van der Waals surface area contributed by atoms with E-state index in [-0.39, 0.29) is 10.3 Å². The molecule has 0 amide bonds. The number of nitrogens with two attached hydrogens (primary N) is 1. The van der Waals surface area contributed by atoms with Crippen molar-refractivity contribution in [3.8, 4) is 17.2 Å². The van der Waals surface area contributed by atoms with E-state index in [0.29, 0.717) is 17.3 Å². The number of methoxy groups -OCH3 is 1. The molecule has 3 aliphatic rings. The van der Waals surface area contributed by atoms with Gasteiger partial charge in [0.15, 0.2) is 23.1 Å². The van der Waals surface area contributed by atoms with E-state index in [9.17, 15) is 4.39 Å². The van der Waals surface area contributed by atoms with Crippen molar-refractivity contribution in [1.82, 2.24) is 0 Å². The number of hydrogen-bond donors (Lipinski definition) is 1. The molecule has 30 heavy (non-hydrogen) atoms. The van der Waals surface area contributed by atoms with Gasteiger partial charge in [0.2, 0.25) is 5.70 Å². The van der Waals surface area contributed by atoms with Crippen LogP contribution in [0.1, 0.15) is 5.56 Å². The van der Waals surface area contributed by atoms with Gasteiger partial charge in [-0.2, -0.15) is 10.8 Å². The highest BCUT2D eigenvalue weighted by molar-refractivity contribution is 6.01. The molecule has 0 aromatic heterocycles. The van der Waals surface area contributed by atoms with Crippen LogP contribution < -0.4 is 15.3 Å². The molecule has 0 fully saturated rings. The summed E-state index contributed by atoms with van der Waals surface area (Å²) in [5.74, 6) is 7.84. The fraction of sp³-hybridized carbons (Fsp3) is 0.0435. The van der Waals surface area contributed by atoms with Gasteiger partial charge in [-0.25, -0.2) is 4.39 Å². The molecule has 148 valence electrons. The number of benzene rings is 2. The average Bonchev–Trinajstić information content (AvgIpc) is 3.01. The number of halogens is 1. The van der Waals surface area contributed by atoms with Crippen LogP contribution in [-0.2, 0) is 0 Å². The number of nitrogens with zero attached hydrogens (tertiary/aromatic N) is 3. The lowest BCUT2D eigenvalue weighted by atomic mass is 10.0. The highest BCUT2D eigenvalue weighted by atomic mass is 19.1. The zero-order chi connectivity index (χ0) is 20.7. The van der Waals surface area contributed by atoms with E-state index in [4.69, 9.17) is 20.3 Å². The molecule has 2 aliphatic heterocycles. The molecule has 0 bridgehead atoms. The van der Waals surface area contributed by atoms with Gasteiger partial charge in [0.1, 0.15) is 11.9 Å². The lowest BCUT2D eigenvalue weighted by Gasteiger charge is -2.26. The van der Waals surface area contributed by atoms with Gasteiger partial charge in [0, 0.05) is 5.57 Å². The Balaban J connectivity index is 1.54. The van der Waals surface area contributed by atoms with Crippen LogP contribution >= 0.6 is 0 Å². The van der Waals surface area contributed by atoms with Crippen molar-refractivity contribution in [2.75, 3.05) is 7.11 Å². The lowest BCUT2D eigenvalue weighted by molar-refractivity contribution is -0.750. The normalized spacial score (nSPS) is 21.2. The molecule has 2 N–H and O–H groups in total. The van der Waals surface area contributed by atoms with Crippen LogP contribution in [0.15, 0.2) is 100 Å². The summed E-state index contributed by atoms with van der Waals surface area (Å²) in [6, 6.07) is 11.5. The van der Waals surface area contributed by atoms with Gasteiger partial charge in [-0.15, -0.1) is 4.59 Å². The minimum Gasteiger partial charge on any atom is -0.493 e. The molecule has 6 nitrogen and oxygen atoms in total. The van der Waals surface area contributed by atoms with E-state index >= 15 is 0 Å². The van der Waals surface area contributed by atoms with Crippen LogP contribution in [0.3, 0.4) is 0 Å². The maximum atomic E-state index is 14.0. The van der Waals surface area contributed by atoms with Crippen LogP contribution in [0.25, 0.3) is 0 Å². The molecular formula is C23H18FN4O2+. The largest absolute Gasteiger partial charge is 0.493 e. The minimum atomic E-state index is -0.451. The number of aliphatic imine (C=N–C) groups is 2. The van der Waals surface area contributed by atoms with Crippen molar-refractivity contribution < 1.29 is 18.5 Å². The fourth-order valence-corrected chi connectivity index (χ4v) is 3.48. The maximum absolute atomic E-state index is 14.0. The summed E-state index contributed by atoms with van der Waals surface area (Å²) in [5.41, 5.74) is 3.33. The summed E-state index contributed by atoms with van der Waals surface area (Å²) in [5, 5.41) is 0. The number of para-hydroxylation sites is 1. The Bertz CT molecular complexity index is 1240. The van der Waals surface area contributed by atoms with Gasteiger partial charge in [0.05, 0.1) is 25.1 Å². The SMILES string of the molecule is COc1cc(C2=NC(C3=CC=C3)=C3C=NC=C[N+]23N)ccc1Oc1ccccc1F. The van der Waals surface area contributed by atoms with Crippen molar-refractivity contribution in [2.45, 2.75) is 0 Å². The number of hydrogen-bond acceptors (Lipinski definition) is 5. The van der Waals surface area contributed by atoms with Crippen LogP contribution in [0.4, 0.5) is 4.39 Å². The van der Waals surface area contributed by atoms with Crippen molar-refractivity contribution in [2.24, 2.45) is 15.8 Å². The first-order chi connectivity index (χ1) is 14.6. The van der Waals surface area contributed by atoms with E-state index < -0.39 is 5.82 Å². The van der Waals surface area contributed by atoms with Gasteiger partial charge < -0.3 is 9.47 Å². The Hall–Kier alpha value is -3.81. The Labute approximate surface area is 172 Å². The highest BCUT2D eigenvalue weighted by Crippen LogP contribution is 2.39. The van der Waals surface area contributed by atoms with Crippen LogP contribution in [0.5, 0.6) is 17.2 Å². The second-order valence-corrected chi connectivity index (χ2v) is 6.90. The smallest absolute Gasteiger partial charge is 0.265 e. The number of rotatable bonds is 5. The number of allylic oxidation sites excluding steroid dienone is 4. The summed E-state index contributed by atoms with van der Waals surface area (Å²) in [6.45, 7) is 0. The molecular weight excluding hydrogens is 383 g/mol. The summed E-state index contributed by atoms with van der Waals surface area (Å²) in [6.07, 6.45) is 11.1. The number of ether oxygens (including phenoxy) is 2. The van der Waals surface area contributed by atoms with Crippen molar-refractivity contribution in [3.05, 3.63) is 101 Å². The Morgan fingerprint density at radius 3 is 2.63 bits per heavy atom. The Kier molecular flexibility index (Phi) is 4.20. The van der Waals surface area contributed by atoms with Gasteiger partial charge in [0.25, 0.3) is 5.84 Å². The van der Waals surface area contributed by atoms with Crippen molar-refractivity contribution in [3.63, 3.8) is 0 Å². The second-order valence-electron chi connectivity index (χ2n) is 6.90. The molecule has 0 radical (unpaired) electrons. The Morgan fingerprint density at radius 1 is 1.07 bits per heavy atom. The van der Waals surface area contributed by atoms with Crippen molar-refractivity contribution in [1.29, 1.82) is 0 Å². The number of fused-ring (bicyclic) bond motifs is 1. The summed E-state index contributed by atoms with van der Waals surface area (Å²) < 4.78 is 25.1. The van der Waals surface area contributed by atoms with Crippen LogP contribution in [-0.4, -0.2) is 23.8 Å². The lowest BCUT2D eigenvalue weighted by Crippen LogP contribution is -2.53. The van der Waals surface area contributed by atoms with E-state index in [1.165, 1.54) is 13.2 Å². The number of amidine groups is 1. The second kappa shape index (κ2) is 6.91. The Morgan fingerprint density at radius 2 is 1.90 bits per heavy atom. The monoisotopic (exact) mass is 401 g/mol. The van der Waals surface area contributed by atoms with Gasteiger partial charge >= 0.3 is 0 Å². The quantitative estimate of drug-likeness (QED) is 0.599. The molecule has 0 spiro atoms. The first kappa shape index (κ1) is 18.2. The molecule has 1 unspecified atom stereocenters. The van der Waals surface area contributed by atoms with E-state index in [2.05, 4.69) is 4.99 Å². The summed E-state index contributed by atoms with van der Waals surface area (Å²) in [4.78, 5) is 9.05. The minimum absolute atomic E-state index is 0.0965. The van der Waals surface area contributed by atoms with Crippen molar-refractivity contribution >= 4 is 12.1 Å². The number of quaternary nitrogens is 1. The first-order valence-corrected chi connectivity index (χ1v) is 9.32. The zero-order valence-corrected chi connectivity index (χ0v) is 16.1. The topological polar surface area (TPSA) is 69.2 Å². The van der Waals surface area contributed by atoms with Gasteiger partial charge in [-0.05, 0) is 30.3 Å². The molecule has 0 saturated heterocycles. The molecule has 7 heteroatoms. The van der Waals surface area contributed by atoms with Gasteiger partial charge in [-0.1, -0.05) is 30.4 Å². The van der Waals surface area contributed by atoms with Crippen LogP contribution in [0.2, 0.25) is 0 Å². The van der Waals surface area contributed by atoms with Crippen LogP contribution in [0, 0.1) is 5.82 Å². The molecule has 5 rings (SSSR count). The fourth-order valence-electron chi connectivity index (χ4n) is 3.48. The molecule has 1 aliphatic carbocycles. The standard InChI is InChI=1S/C23H18FN4O2/c1-29-21-13-16(9-10-20(21)30-19-8-3-2-7-17(19)24)23-27-22(15-5-4-6-15)18-14-26-11-12-28(18,23)25/h2-14H,25H2,1H3/q+1. The molecule has 2 heterocycles. The molecule has 2 aromatic carbocycles. The third kappa shape index (κ3) is 2.80. The first-order valence-electron chi connectivity index (χ1n) is 9.32. The molecule has 1 atom stereocenters. The molecule has 0 saturated carbocycles. The third-order valence-corrected chi connectivity index (χ3v) is 5.10. The van der Waals surface area contributed by atoms with E-state index in [0.717, 1.165) is 22.5 Å². The summed E-state index contributed by atoms with van der Waals surface area (Å²) >= 11 is 0. The average molecular weight is 401 g/mol. The van der Waals surface area contributed by atoms with Gasteiger partial charge in [-0.3, -0.25) is 4.99 Å². The zero-order valence-electron chi connectivity index (χ0n) is 16.1. The third-order valence-electron chi connectivity index (χ3n) is 5.10. The summed E-state index contributed by atoms with van der Waals surface area (Å²) in [7, 11) is 1.53. The predicted octanol–water partition coefficient (Wildman–Crippen LogP) is 4.34. The molecule has 2 aromatic rings. The van der Waals surface area contributed by atoms with E-state index in [1.54, 1.807) is 48.9 Å². The maximum Gasteiger partial charge on any atom is 0.265 e.